The molecule has 9 nitrogen and oxygen atoms in total. The van der Waals surface area contributed by atoms with E-state index in [4.69, 9.17) is 4.98 Å². The van der Waals surface area contributed by atoms with Crippen LogP contribution in [0.1, 0.15) is 55.1 Å². The maximum atomic E-state index is 13.1. The molecule has 10 heteroatoms. The lowest BCUT2D eigenvalue weighted by Gasteiger charge is -2.16. The van der Waals surface area contributed by atoms with Crippen molar-refractivity contribution < 1.29 is 18.0 Å². The van der Waals surface area contributed by atoms with E-state index in [2.05, 4.69) is 15.1 Å². The summed E-state index contributed by atoms with van der Waals surface area (Å²) in [7, 11) is -3.31. The number of Topliss-reactive ketones (excluding diaryl/α,β-unsaturated/α-hetero) is 1. The number of nitrogens with one attached hydrogen (secondary N) is 2. The van der Waals surface area contributed by atoms with Crippen molar-refractivity contribution in [1.82, 2.24) is 24.8 Å². The van der Waals surface area contributed by atoms with Gasteiger partial charge in [-0.1, -0.05) is 11.6 Å². The van der Waals surface area contributed by atoms with Crippen LogP contribution in [-0.4, -0.2) is 54.2 Å². The molecule has 0 bridgehead atoms. The lowest BCUT2D eigenvalue weighted by Crippen LogP contribution is -2.29. The molecule has 0 radical (unpaired) electrons. The van der Waals surface area contributed by atoms with Gasteiger partial charge >= 0.3 is 0 Å². The van der Waals surface area contributed by atoms with Crippen LogP contribution in [0.2, 0.25) is 0 Å². The third-order valence-corrected chi connectivity index (χ3v) is 6.43. The van der Waals surface area contributed by atoms with Gasteiger partial charge in [-0.3, -0.25) is 9.59 Å². The molecule has 32 heavy (non-hydrogen) atoms. The number of allylic oxidation sites excluding steroid dienone is 3. The van der Waals surface area contributed by atoms with E-state index in [0.29, 0.717) is 41.1 Å². The van der Waals surface area contributed by atoms with Gasteiger partial charge in [0.15, 0.2) is 11.4 Å². The van der Waals surface area contributed by atoms with Crippen molar-refractivity contribution in [2.45, 2.75) is 45.6 Å². The highest BCUT2D eigenvalue weighted by molar-refractivity contribution is 7.88. The Hall–Kier alpha value is -2.85. The average Bonchev–Trinajstić information content (AvgIpc) is 3.47. The van der Waals surface area contributed by atoms with Crippen LogP contribution in [0.15, 0.2) is 35.1 Å². The van der Waals surface area contributed by atoms with Gasteiger partial charge in [0.1, 0.15) is 0 Å². The first-order valence-corrected chi connectivity index (χ1v) is 12.5. The predicted molar refractivity (Wildman–Crippen MR) is 121 cm³/mol. The lowest BCUT2D eigenvalue weighted by molar-refractivity contribution is -0.115. The number of hydrogen-bond acceptors (Lipinski definition) is 6. The minimum Gasteiger partial charge on any atom is -0.348 e. The van der Waals surface area contributed by atoms with Crippen LogP contribution >= 0.6 is 0 Å². The molecule has 1 fully saturated rings. The van der Waals surface area contributed by atoms with Crippen molar-refractivity contribution in [2.75, 3.05) is 19.3 Å². The van der Waals surface area contributed by atoms with Crippen molar-refractivity contribution in [2.24, 2.45) is 0 Å². The van der Waals surface area contributed by atoms with Crippen LogP contribution in [0.25, 0.3) is 11.0 Å². The molecule has 1 amide bonds. The van der Waals surface area contributed by atoms with Gasteiger partial charge in [-0.15, -0.1) is 0 Å². The summed E-state index contributed by atoms with van der Waals surface area (Å²) in [5.41, 5.74) is 4.38. The Labute approximate surface area is 187 Å². The molecule has 0 unspecified atom stereocenters. The highest BCUT2D eigenvalue weighted by atomic mass is 32.2. The lowest BCUT2D eigenvalue weighted by atomic mass is 9.92. The number of sulfonamides is 1. The minimum absolute atomic E-state index is 0.0348. The van der Waals surface area contributed by atoms with Gasteiger partial charge in [-0.05, 0) is 38.3 Å². The maximum absolute atomic E-state index is 13.1. The number of aromatic nitrogens is 3. The Kier molecular flexibility index (Phi) is 6.00. The van der Waals surface area contributed by atoms with E-state index in [9.17, 15) is 18.0 Å². The quantitative estimate of drug-likeness (QED) is 0.623. The fourth-order valence-electron chi connectivity index (χ4n) is 3.93. The summed E-state index contributed by atoms with van der Waals surface area (Å²) in [6.07, 6.45) is 7.09. The first-order chi connectivity index (χ1) is 15.1. The van der Waals surface area contributed by atoms with E-state index in [1.54, 1.807) is 10.9 Å². The molecule has 2 aliphatic rings. The Morgan fingerprint density at radius 1 is 1.28 bits per heavy atom. The number of carbonyl (C=O) groups is 2. The minimum atomic E-state index is -3.31. The van der Waals surface area contributed by atoms with Crippen LogP contribution in [0.5, 0.6) is 0 Å². The van der Waals surface area contributed by atoms with Crippen molar-refractivity contribution >= 4 is 32.7 Å². The van der Waals surface area contributed by atoms with Crippen molar-refractivity contribution in [3.63, 3.8) is 0 Å². The normalized spacial score (nSPS) is 17.1. The third-order valence-electron chi connectivity index (χ3n) is 5.70. The number of fused-ring (bicyclic) bond motifs is 1. The van der Waals surface area contributed by atoms with Crippen LogP contribution in [-0.2, 0) is 21.4 Å². The fourth-order valence-corrected chi connectivity index (χ4v) is 4.40. The summed E-state index contributed by atoms with van der Waals surface area (Å²) in [6, 6.07) is 1.81. The molecule has 2 aromatic rings. The van der Waals surface area contributed by atoms with Crippen molar-refractivity contribution in [3.8, 4) is 0 Å². The second-order valence-corrected chi connectivity index (χ2v) is 10.4. The van der Waals surface area contributed by atoms with Gasteiger partial charge in [0.05, 0.1) is 29.9 Å². The molecule has 170 valence electrons. The van der Waals surface area contributed by atoms with Crippen molar-refractivity contribution in [1.29, 1.82) is 0 Å². The summed E-state index contributed by atoms with van der Waals surface area (Å²) < 4.78 is 26.7. The standard InChI is InChI=1S/C22H27N5O4S/c1-13-8-14(2)17(20(28)9-13)11-23-22(29)16-10-19(15-4-5-15)26-21-18(16)12-24-27(21)7-6-25-32(3,30)31/h8,10,12,15,25H,4-7,9,11H2,1-3H3,(H,23,29). The van der Waals surface area contributed by atoms with Crippen LogP contribution in [0, 0.1) is 0 Å². The molecule has 0 atom stereocenters. The summed E-state index contributed by atoms with van der Waals surface area (Å²) in [5.74, 6) is 0.0708. The van der Waals surface area contributed by atoms with E-state index < -0.39 is 10.0 Å². The Morgan fingerprint density at radius 2 is 2.03 bits per heavy atom. The topological polar surface area (TPSA) is 123 Å². The van der Waals surface area contributed by atoms with Gasteiger partial charge in [0.2, 0.25) is 10.0 Å². The molecular weight excluding hydrogens is 430 g/mol. The summed E-state index contributed by atoms with van der Waals surface area (Å²) in [4.78, 5) is 30.2. The molecule has 2 N–H and O–H groups in total. The molecular formula is C22H27N5O4S. The highest BCUT2D eigenvalue weighted by Crippen LogP contribution is 2.40. The second-order valence-electron chi connectivity index (χ2n) is 8.58. The van der Waals surface area contributed by atoms with Crippen molar-refractivity contribution in [3.05, 3.63) is 46.3 Å². The molecule has 0 aromatic carbocycles. The fraction of sp³-hybridized carbons (Fsp3) is 0.455. The van der Waals surface area contributed by atoms with E-state index in [-0.39, 0.29) is 24.8 Å². The number of rotatable bonds is 8. The van der Waals surface area contributed by atoms with E-state index in [0.717, 1.165) is 35.9 Å². The number of nitrogens with zero attached hydrogens (tertiary/aromatic N) is 3. The molecule has 0 spiro atoms. The Morgan fingerprint density at radius 3 is 2.69 bits per heavy atom. The first kappa shape index (κ1) is 22.3. The van der Waals surface area contributed by atoms with E-state index in [1.165, 1.54) is 0 Å². The van der Waals surface area contributed by atoms with E-state index >= 15 is 0 Å². The molecule has 4 rings (SSSR count). The maximum Gasteiger partial charge on any atom is 0.252 e. The largest absolute Gasteiger partial charge is 0.348 e. The number of hydrogen-bond donors (Lipinski definition) is 2. The molecule has 2 heterocycles. The smallest absolute Gasteiger partial charge is 0.252 e. The summed E-state index contributed by atoms with van der Waals surface area (Å²) >= 11 is 0. The van der Waals surface area contributed by atoms with Crippen LogP contribution < -0.4 is 10.0 Å². The van der Waals surface area contributed by atoms with Gasteiger partial charge in [-0.25, -0.2) is 22.8 Å². The number of pyridine rings is 1. The van der Waals surface area contributed by atoms with Gasteiger partial charge in [0.25, 0.3) is 5.91 Å². The zero-order chi connectivity index (χ0) is 23.0. The molecule has 1 saturated carbocycles. The monoisotopic (exact) mass is 457 g/mol. The zero-order valence-corrected chi connectivity index (χ0v) is 19.3. The SMILES string of the molecule is CC1=CC(C)=C(CNC(=O)c2cc(C3CC3)nc3c2cnn3CCNS(C)(=O)=O)C(=O)C1. The molecule has 0 saturated heterocycles. The molecule has 2 aliphatic carbocycles. The molecule has 0 aliphatic heterocycles. The molecule has 2 aromatic heterocycles. The number of amides is 1. The number of carbonyl (C=O) groups excluding carboxylic acids is 2. The third kappa shape index (κ3) is 4.97. The van der Waals surface area contributed by atoms with Crippen LogP contribution in [0.3, 0.4) is 0 Å². The van der Waals surface area contributed by atoms with Gasteiger partial charge in [-0.2, -0.15) is 5.10 Å². The van der Waals surface area contributed by atoms with Gasteiger partial charge in [0, 0.05) is 36.7 Å². The van der Waals surface area contributed by atoms with Crippen LogP contribution in [0.4, 0.5) is 0 Å². The summed E-state index contributed by atoms with van der Waals surface area (Å²) in [6.45, 7) is 4.45. The summed E-state index contributed by atoms with van der Waals surface area (Å²) in [5, 5.41) is 7.82. The average molecular weight is 458 g/mol. The van der Waals surface area contributed by atoms with E-state index in [1.807, 2.05) is 26.0 Å². The second kappa shape index (κ2) is 8.59. The zero-order valence-electron chi connectivity index (χ0n) is 18.4. The first-order valence-electron chi connectivity index (χ1n) is 10.6. The highest BCUT2D eigenvalue weighted by Gasteiger charge is 2.28. The predicted octanol–water partition coefficient (Wildman–Crippen LogP) is 1.82. The Balaban J connectivity index is 1.59. The van der Waals surface area contributed by atoms with Gasteiger partial charge < -0.3 is 5.32 Å². The Bertz CT molecular complexity index is 1270. The number of ketones is 1.